The SMILES string of the molecule is CCNC(=O)c1cn(C)c2ncc(Br)cc12. The third kappa shape index (κ3) is 1.82. The molecule has 0 radical (unpaired) electrons. The quantitative estimate of drug-likeness (QED) is 0.916. The molecule has 0 bridgehead atoms. The molecule has 0 aliphatic rings. The van der Waals surface area contributed by atoms with E-state index in [1.54, 1.807) is 12.4 Å². The Labute approximate surface area is 102 Å². The van der Waals surface area contributed by atoms with Gasteiger partial charge in [0.25, 0.3) is 5.91 Å². The van der Waals surface area contributed by atoms with Gasteiger partial charge in [-0.05, 0) is 28.9 Å². The van der Waals surface area contributed by atoms with Crippen LogP contribution in [0.4, 0.5) is 0 Å². The van der Waals surface area contributed by atoms with Crippen molar-refractivity contribution in [1.82, 2.24) is 14.9 Å². The van der Waals surface area contributed by atoms with E-state index in [2.05, 4.69) is 26.2 Å². The van der Waals surface area contributed by atoms with Gasteiger partial charge in [-0.15, -0.1) is 0 Å². The molecule has 0 atom stereocenters. The number of hydrogen-bond donors (Lipinski definition) is 1. The summed E-state index contributed by atoms with van der Waals surface area (Å²) in [5.74, 6) is -0.0620. The standard InChI is InChI=1S/C11H12BrN3O/c1-3-13-11(16)9-6-15(2)10-8(9)4-7(12)5-14-10/h4-6H,3H2,1-2H3,(H,13,16). The van der Waals surface area contributed by atoms with Crippen molar-refractivity contribution in [3.8, 4) is 0 Å². The molecule has 16 heavy (non-hydrogen) atoms. The summed E-state index contributed by atoms with van der Waals surface area (Å²) in [5, 5.41) is 3.66. The first-order chi connectivity index (χ1) is 7.63. The van der Waals surface area contributed by atoms with E-state index in [0.29, 0.717) is 12.1 Å². The van der Waals surface area contributed by atoms with Gasteiger partial charge in [-0.3, -0.25) is 4.79 Å². The number of aromatic nitrogens is 2. The summed E-state index contributed by atoms with van der Waals surface area (Å²) >= 11 is 3.36. The van der Waals surface area contributed by atoms with Crippen molar-refractivity contribution in [2.75, 3.05) is 6.54 Å². The molecule has 2 heterocycles. The minimum Gasteiger partial charge on any atom is -0.352 e. The Morgan fingerprint density at radius 1 is 1.62 bits per heavy atom. The average Bonchev–Trinajstić information content (AvgIpc) is 2.56. The van der Waals surface area contributed by atoms with Gasteiger partial charge in [0.2, 0.25) is 0 Å². The fraction of sp³-hybridized carbons (Fsp3) is 0.273. The predicted octanol–water partition coefficient (Wildman–Crippen LogP) is 2.09. The normalized spacial score (nSPS) is 10.7. The minimum absolute atomic E-state index is 0.0620. The topological polar surface area (TPSA) is 46.9 Å². The molecule has 2 aromatic heterocycles. The highest BCUT2D eigenvalue weighted by Gasteiger charge is 2.14. The first kappa shape index (κ1) is 11.1. The predicted molar refractivity (Wildman–Crippen MR) is 66.4 cm³/mol. The van der Waals surface area contributed by atoms with Crippen LogP contribution in [0.2, 0.25) is 0 Å². The molecule has 0 aliphatic heterocycles. The number of rotatable bonds is 2. The lowest BCUT2D eigenvalue weighted by molar-refractivity contribution is 0.0957. The van der Waals surface area contributed by atoms with Crippen LogP contribution in [-0.4, -0.2) is 22.0 Å². The van der Waals surface area contributed by atoms with Crippen molar-refractivity contribution in [3.05, 3.63) is 28.5 Å². The highest BCUT2D eigenvalue weighted by molar-refractivity contribution is 9.10. The minimum atomic E-state index is -0.0620. The molecule has 0 fully saturated rings. The van der Waals surface area contributed by atoms with E-state index in [-0.39, 0.29) is 5.91 Å². The number of nitrogens with one attached hydrogen (secondary N) is 1. The van der Waals surface area contributed by atoms with Gasteiger partial charge < -0.3 is 9.88 Å². The lowest BCUT2D eigenvalue weighted by Crippen LogP contribution is -2.22. The summed E-state index contributed by atoms with van der Waals surface area (Å²) in [6.07, 6.45) is 3.53. The number of hydrogen-bond acceptors (Lipinski definition) is 2. The van der Waals surface area contributed by atoms with Crippen LogP contribution >= 0.6 is 15.9 Å². The summed E-state index contributed by atoms with van der Waals surface area (Å²) in [6, 6.07) is 1.91. The van der Waals surface area contributed by atoms with Crippen molar-refractivity contribution >= 4 is 32.9 Å². The van der Waals surface area contributed by atoms with Crippen molar-refractivity contribution in [3.63, 3.8) is 0 Å². The zero-order valence-electron chi connectivity index (χ0n) is 9.12. The number of amides is 1. The molecule has 1 N–H and O–H groups in total. The van der Waals surface area contributed by atoms with Crippen molar-refractivity contribution in [2.45, 2.75) is 6.92 Å². The summed E-state index contributed by atoms with van der Waals surface area (Å²) in [6.45, 7) is 2.52. The molecule has 0 unspecified atom stereocenters. The maximum Gasteiger partial charge on any atom is 0.253 e. The molecule has 0 saturated heterocycles. The first-order valence-corrected chi connectivity index (χ1v) is 5.81. The molecule has 0 spiro atoms. The monoisotopic (exact) mass is 281 g/mol. The van der Waals surface area contributed by atoms with Crippen LogP contribution in [0.1, 0.15) is 17.3 Å². The second-order valence-electron chi connectivity index (χ2n) is 3.54. The first-order valence-electron chi connectivity index (χ1n) is 5.02. The van der Waals surface area contributed by atoms with Gasteiger partial charge in [0.05, 0.1) is 5.56 Å². The van der Waals surface area contributed by atoms with Crippen LogP contribution < -0.4 is 5.32 Å². The third-order valence-corrected chi connectivity index (χ3v) is 2.80. The Hall–Kier alpha value is -1.36. The van der Waals surface area contributed by atoms with Gasteiger partial charge in [-0.1, -0.05) is 0 Å². The second-order valence-corrected chi connectivity index (χ2v) is 4.45. The number of nitrogens with zero attached hydrogens (tertiary/aromatic N) is 2. The van der Waals surface area contributed by atoms with Crippen LogP contribution in [0.15, 0.2) is 22.9 Å². The van der Waals surface area contributed by atoms with Crippen LogP contribution in [-0.2, 0) is 7.05 Å². The molecule has 0 aliphatic carbocycles. The van der Waals surface area contributed by atoms with E-state index in [0.717, 1.165) is 15.5 Å². The molecule has 2 rings (SSSR count). The van der Waals surface area contributed by atoms with Gasteiger partial charge in [0.1, 0.15) is 5.65 Å². The number of pyridine rings is 1. The van der Waals surface area contributed by atoms with Crippen LogP contribution in [0, 0.1) is 0 Å². The summed E-state index contributed by atoms with van der Waals surface area (Å²) in [5.41, 5.74) is 1.47. The average molecular weight is 282 g/mol. The van der Waals surface area contributed by atoms with E-state index in [1.165, 1.54) is 0 Å². The fourth-order valence-electron chi connectivity index (χ4n) is 1.67. The maximum atomic E-state index is 11.8. The van der Waals surface area contributed by atoms with Gasteiger partial charge in [-0.25, -0.2) is 4.98 Å². The Kier molecular flexibility index (Phi) is 2.96. The number of fused-ring (bicyclic) bond motifs is 1. The Balaban J connectivity index is 2.61. The molecule has 5 heteroatoms. The van der Waals surface area contributed by atoms with Crippen molar-refractivity contribution < 1.29 is 4.79 Å². The lowest BCUT2D eigenvalue weighted by atomic mass is 10.2. The van der Waals surface area contributed by atoms with Gasteiger partial charge >= 0.3 is 0 Å². The molecule has 1 amide bonds. The molecule has 84 valence electrons. The Morgan fingerprint density at radius 3 is 3.06 bits per heavy atom. The van der Waals surface area contributed by atoms with Gasteiger partial charge in [-0.2, -0.15) is 0 Å². The van der Waals surface area contributed by atoms with E-state index in [4.69, 9.17) is 0 Å². The summed E-state index contributed by atoms with van der Waals surface area (Å²) < 4.78 is 2.73. The van der Waals surface area contributed by atoms with E-state index in [9.17, 15) is 4.79 Å². The second kappa shape index (κ2) is 4.25. The zero-order chi connectivity index (χ0) is 11.7. The van der Waals surface area contributed by atoms with Crippen LogP contribution in [0.25, 0.3) is 11.0 Å². The van der Waals surface area contributed by atoms with E-state index >= 15 is 0 Å². The van der Waals surface area contributed by atoms with Gasteiger partial charge in [0, 0.05) is 35.8 Å². The lowest BCUT2D eigenvalue weighted by Gasteiger charge is -1.99. The Morgan fingerprint density at radius 2 is 2.38 bits per heavy atom. The van der Waals surface area contributed by atoms with E-state index < -0.39 is 0 Å². The van der Waals surface area contributed by atoms with Crippen molar-refractivity contribution in [2.24, 2.45) is 7.05 Å². The summed E-state index contributed by atoms with van der Waals surface area (Å²) in [7, 11) is 1.88. The number of carbonyl (C=O) groups excluding carboxylic acids is 1. The maximum absolute atomic E-state index is 11.8. The number of halogens is 1. The van der Waals surface area contributed by atoms with E-state index in [1.807, 2.05) is 24.6 Å². The molecular weight excluding hydrogens is 270 g/mol. The number of carbonyl (C=O) groups is 1. The smallest absolute Gasteiger partial charge is 0.253 e. The van der Waals surface area contributed by atoms with Gasteiger partial charge in [0.15, 0.2) is 0 Å². The zero-order valence-corrected chi connectivity index (χ0v) is 10.7. The highest BCUT2D eigenvalue weighted by atomic mass is 79.9. The molecule has 0 aromatic carbocycles. The highest BCUT2D eigenvalue weighted by Crippen LogP contribution is 2.22. The molecule has 2 aromatic rings. The molecular formula is C11H12BrN3O. The summed E-state index contributed by atoms with van der Waals surface area (Å²) in [4.78, 5) is 16.1. The van der Waals surface area contributed by atoms with Crippen LogP contribution in [0.5, 0.6) is 0 Å². The third-order valence-electron chi connectivity index (χ3n) is 2.36. The van der Waals surface area contributed by atoms with Crippen molar-refractivity contribution in [1.29, 1.82) is 0 Å². The number of aryl methyl sites for hydroxylation is 1. The Bertz CT molecular complexity index is 547. The van der Waals surface area contributed by atoms with Crippen LogP contribution in [0.3, 0.4) is 0 Å². The fourth-order valence-corrected chi connectivity index (χ4v) is 2.00. The molecule has 0 saturated carbocycles. The largest absolute Gasteiger partial charge is 0.352 e. The molecule has 4 nitrogen and oxygen atoms in total.